The first-order valence-corrected chi connectivity index (χ1v) is 10.1. The van der Waals surface area contributed by atoms with Gasteiger partial charge in [0.05, 0.1) is 31.3 Å². The lowest BCUT2D eigenvalue weighted by Crippen LogP contribution is -2.49. The molecule has 0 aliphatic carbocycles. The van der Waals surface area contributed by atoms with Crippen molar-refractivity contribution in [2.75, 3.05) is 20.8 Å². The predicted octanol–water partition coefficient (Wildman–Crippen LogP) is 2.39. The van der Waals surface area contributed by atoms with Gasteiger partial charge in [-0.05, 0) is 32.0 Å². The number of fused-ring (bicyclic) bond motifs is 6. The van der Waals surface area contributed by atoms with Gasteiger partial charge in [-0.2, -0.15) is 0 Å². The van der Waals surface area contributed by atoms with Crippen molar-refractivity contribution in [1.82, 2.24) is 0 Å². The van der Waals surface area contributed by atoms with Crippen molar-refractivity contribution in [3.8, 4) is 28.7 Å². The van der Waals surface area contributed by atoms with Gasteiger partial charge in [0.25, 0.3) is 0 Å². The first-order valence-electron chi connectivity index (χ1n) is 10.1. The van der Waals surface area contributed by atoms with Crippen LogP contribution in [0.15, 0.2) is 24.3 Å². The fourth-order valence-corrected chi connectivity index (χ4v) is 4.60. The van der Waals surface area contributed by atoms with Crippen molar-refractivity contribution in [3.63, 3.8) is 0 Å². The number of hydrogen-bond donors (Lipinski definition) is 2. The smallest absolute Gasteiger partial charge is 0.178 e. The fraction of sp³-hybridized carbons (Fsp3) is 0.435. The number of Topliss-reactive ketones (excluding diaryl/α,β-unsaturated/α-hetero) is 1. The van der Waals surface area contributed by atoms with E-state index in [1.807, 2.05) is 0 Å². The SMILES string of the molecule is COc1cc2c(cc1OC)[C@H]1C(=O)c3ccc4c(c3O[C@@H]1CO2)[C@H](O)[C@@H](O)C(C)(C)O4. The maximum absolute atomic E-state index is 13.6. The van der Waals surface area contributed by atoms with Crippen LogP contribution in [-0.4, -0.2) is 54.6 Å². The summed E-state index contributed by atoms with van der Waals surface area (Å²) in [6.07, 6.45) is -3.03. The van der Waals surface area contributed by atoms with Crippen LogP contribution in [0.5, 0.6) is 28.7 Å². The van der Waals surface area contributed by atoms with Gasteiger partial charge in [-0.3, -0.25) is 4.79 Å². The van der Waals surface area contributed by atoms with Crippen LogP contribution < -0.4 is 23.7 Å². The molecule has 8 heteroatoms. The standard InChI is InChI=1S/C23H24O8/c1-23(2)22(26)20(25)18-12(31-23)6-5-10-19(24)17-11-7-14(27-3)15(28-4)8-13(11)29-9-16(17)30-21(10)18/h5-8,16-17,20,22,25-26H,9H2,1-4H3/t16-,17-,20+,22-/m1/s1. The summed E-state index contributed by atoms with van der Waals surface area (Å²) in [7, 11) is 3.06. The van der Waals surface area contributed by atoms with E-state index in [0.29, 0.717) is 34.1 Å². The lowest BCUT2D eigenvalue weighted by Gasteiger charge is -2.43. The average Bonchev–Trinajstić information content (AvgIpc) is 2.75. The monoisotopic (exact) mass is 428 g/mol. The average molecular weight is 428 g/mol. The topological polar surface area (TPSA) is 104 Å². The highest BCUT2D eigenvalue weighted by Gasteiger charge is 2.49. The maximum atomic E-state index is 13.6. The number of benzene rings is 2. The van der Waals surface area contributed by atoms with Crippen LogP contribution >= 0.6 is 0 Å². The Bertz CT molecular complexity index is 1080. The zero-order chi connectivity index (χ0) is 22.1. The molecule has 0 unspecified atom stereocenters. The van der Waals surface area contributed by atoms with Gasteiger partial charge in [-0.1, -0.05) is 0 Å². The summed E-state index contributed by atoms with van der Waals surface area (Å²) in [6, 6.07) is 6.72. The molecule has 2 aromatic carbocycles. The number of ketones is 1. The summed E-state index contributed by atoms with van der Waals surface area (Å²) in [5.74, 6) is 1.40. The van der Waals surface area contributed by atoms with Crippen molar-refractivity contribution >= 4 is 5.78 Å². The Labute approximate surface area is 179 Å². The van der Waals surface area contributed by atoms with Gasteiger partial charge in [-0.15, -0.1) is 0 Å². The summed E-state index contributed by atoms with van der Waals surface area (Å²) in [5, 5.41) is 21.3. The molecule has 2 N–H and O–H groups in total. The Morgan fingerprint density at radius 2 is 1.77 bits per heavy atom. The highest BCUT2D eigenvalue weighted by molar-refractivity contribution is 6.06. The van der Waals surface area contributed by atoms with Gasteiger partial charge in [0.2, 0.25) is 0 Å². The number of aliphatic hydroxyl groups is 2. The zero-order valence-electron chi connectivity index (χ0n) is 17.7. The number of rotatable bonds is 2. The second-order valence-electron chi connectivity index (χ2n) is 8.50. The number of carbonyl (C=O) groups excluding carboxylic acids is 1. The molecular formula is C23H24O8. The molecule has 0 spiro atoms. The van der Waals surface area contributed by atoms with E-state index in [1.54, 1.807) is 38.1 Å². The summed E-state index contributed by atoms with van der Waals surface area (Å²) >= 11 is 0. The Hall–Kier alpha value is -2.97. The molecule has 0 radical (unpaired) electrons. The number of methoxy groups -OCH3 is 2. The normalized spacial score (nSPS) is 27.4. The Morgan fingerprint density at radius 1 is 1.06 bits per heavy atom. The van der Waals surface area contributed by atoms with Crippen LogP contribution in [0.4, 0.5) is 0 Å². The molecule has 0 aromatic heterocycles. The Balaban J connectivity index is 1.62. The van der Waals surface area contributed by atoms with E-state index in [4.69, 9.17) is 23.7 Å². The van der Waals surface area contributed by atoms with E-state index >= 15 is 0 Å². The second kappa shape index (κ2) is 6.77. The van der Waals surface area contributed by atoms with Crippen LogP contribution in [0.25, 0.3) is 0 Å². The molecule has 0 amide bonds. The zero-order valence-corrected chi connectivity index (χ0v) is 17.7. The number of hydrogen-bond acceptors (Lipinski definition) is 8. The molecule has 0 bridgehead atoms. The molecule has 4 atom stereocenters. The molecule has 164 valence electrons. The minimum absolute atomic E-state index is 0.146. The van der Waals surface area contributed by atoms with E-state index in [2.05, 4.69) is 0 Å². The molecule has 0 saturated carbocycles. The van der Waals surface area contributed by atoms with E-state index in [1.165, 1.54) is 14.2 Å². The Morgan fingerprint density at radius 3 is 2.48 bits per heavy atom. The molecule has 3 aliphatic heterocycles. The van der Waals surface area contributed by atoms with Crippen molar-refractivity contribution in [1.29, 1.82) is 0 Å². The molecule has 8 nitrogen and oxygen atoms in total. The lowest BCUT2D eigenvalue weighted by molar-refractivity contribution is -0.113. The summed E-state index contributed by atoms with van der Waals surface area (Å²) < 4.78 is 28.7. The third kappa shape index (κ3) is 2.78. The molecule has 0 fully saturated rings. The van der Waals surface area contributed by atoms with Gasteiger partial charge < -0.3 is 33.9 Å². The summed E-state index contributed by atoms with van der Waals surface area (Å²) in [6.45, 7) is 3.53. The third-order valence-electron chi connectivity index (χ3n) is 6.28. The molecular weight excluding hydrogens is 404 g/mol. The largest absolute Gasteiger partial charge is 0.493 e. The van der Waals surface area contributed by atoms with Crippen LogP contribution in [0, 0.1) is 0 Å². The first kappa shape index (κ1) is 20.0. The van der Waals surface area contributed by atoms with Gasteiger partial charge in [0.15, 0.2) is 17.3 Å². The van der Waals surface area contributed by atoms with Gasteiger partial charge in [0, 0.05) is 11.6 Å². The lowest BCUT2D eigenvalue weighted by atomic mass is 9.79. The van der Waals surface area contributed by atoms with Crippen molar-refractivity contribution < 1.29 is 38.7 Å². The molecule has 3 aliphatic rings. The van der Waals surface area contributed by atoms with Gasteiger partial charge in [-0.25, -0.2) is 0 Å². The number of aliphatic hydroxyl groups excluding tert-OH is 2. The van der Waals surface area contributed by atoms with E-state index in [-0.39, 0.29) is 23.7 Å². The van der Waals surface area contributed by atoms with Crippen molar-refractivity contribution in [2.45, 2.75) is 43.7 Å². The fourth-order valence-electron chi connectivity index (χ4n) is 4.60. The highest BCUT2D eigenvalue weighted by Crippen LogP contribution is 2.52. The predicted molar refractivity (Wildman–Crippen MR) is 109 cm³/mol. The van der Waals surface area contributed by atoms with E-state index < -0.39 is 29.8 Å². The maximum Gasteiger partial charge on any atom is 0.178 e. The van der Waals surface area contributed by atoms with Gasteiger partial charge in [0.1, 0.15) is 47.8 Å². The minimum Gasteiger partial charge on any atom is -0.493 e. The molecule has 0 saturated heterocycles. The second-order valence-corrected chi connectivity index (χ2v) is 8.50. The van der Waals surface area contributed by atoms with Crippen molar-refractivity contribution in [3.05, 3.63) is 41.0 Å². The first-order chi connectivity index (χ1) is 14.8. The molecule has 31 heavy (non-hydrogen) atoms. The van der Waals surface area contributed by atoms with Crippen molar-refractivity contribution in [2.24, 2.45) is 0 Å². The summed E-state index contributed by atoms with van der Waals surface area (Å²) in [4.78, 5) is 13.6. The van der Waals surface area contributed by atoms with E-state index in [9.17, 15) is 15.0 Å². The summed E-state index contributed by atoms with van der Waals surface area (Å²) in [5.41, 5.74) is 0.288. The third-order valence-corrected chi connectivity index (χ3v) is 6.28. The van der Waals surface area contributed by atoms with E-state index in [0.717, 1.165) is 0 Å². The van der Waals surface area contributed by atoms with Crippen LogP contribution in [-0.2, 0) is 0 Å². The minimum atomic E-state index is -1.25. The quantitative estimate of drug-likeness (QED) is 0.752. The number of carbonyl (C=O) groups is 1. The molecule has 3 heterocycles. The van der Waals surface area contributed by atoms with Gasteiger partial charge >= 0.3 is 0 Å². The van der Waals surface area contributed by atoms with Crippen LogP contribution in [0.1, 0.15) is 47.4 Å². The van der Waals surface area contributed by atoms with Crippen LogP contribution in [0.2, 0.25) is 0 Å². The number of ether oxygens (including phenoxy) is 5. The van der Waals surface area contributed by atoms with Crippen LogP contribution in [0.3, 0.4) is 0 Å². The molecule has 2 aromatic rings. The molecule has 5 rings (SSSR count). The highest BCUT2D eigenvalue weighted by atomic mass is 16.5. The Kier molecular flexibility index (Phi) is 4.36.